The molecule has 2 N–H and O–H groups in total. The maximum absolute atomic E-state index is 13.8. The molecule has 35 heavy (non-hydrogen) atoms. The predicted molar refractivity (Wildman–Crippen MR) is 130 cm³/mol. The fraction of sp³-hybridized carbons (Fsp3) is 0.364. The summed E-state index contributed by atoms with van der Waals surface area (Å²) >= 11 is 7.38. The van der Waals surface area contributed by atoms with Crippen LogP contribution < -0.4 is 10.6 Å². The molecule has 1 aromatic carbocycles. The lowest BCUT2D eigenvalue weighted by Gasteiger charge is -2.26. The number of likely N-dealkylation sites (N-methyl/N-ethyl adjacent to an activating group) is 1. The zero-order chi connectivity index (χ0) is 25.0. The molecule has 0 saturated heterocycles. The molecule has 0 atom stereocenters. The Hall–Kier alpha value is -2.41. The third-order valence-electron chi connectivity index (χ3n) is 5.97. The smallest absolute Gasteiger partial charge is 0.376 e. The van der Waals surface area contributed by atoms with Gasteiger partial charge in [-0.15, -0.1) is 11.3 Å². The lowest BCUT2D eigenvalue weighted by molar-refractivity contribution is -0.137. The van der Waals surface area contributed by atoms with Crippen molar-refractivity contribution in [2.45, 2.75) is 30.5 Å². The van der Waals surface area contributed by atoms with E-state index in [1.54, 1.807) is 0 Å². The first kappa shape index (κ1) is 24.3. The first-order valence-electron chi connectivity index (χ1n) is 10.8. The van der Waals surface area contributed by atoms with E-state index >= 15 is 0 Å². The van der Waals surface area contributed by atoms with Crippen molar-refractivity contribution in [3.63, 3.8) is 0 Å². The van der Waals surface area contributed by atoms with Crippen LogP contribution in [0, 0.1) is 0 Å². The number of hydrogen-bond donors (Lipinski definition) is 2. The maximum atomic E-state index is 13.8. The van der Waals surface area contributed by atoms with Crippen LogP contribution in [0.3, 0.4) is 0 Å². The molecule has 0 amide bonds. The van der Waals surface area contributed by atoms with Crippen LogP contribution in [0.4, 0.5) is 29.8 Å². The Morgan fingerprint density at radius 3 is 2.80 bits per heavy atom. The Morgan fingerprint density at radius 1 is 1.23 bits per heavy atom. The molecule has 0 unspecified atom stereocenters. The highest BCUT2D eigenvalue weighted by molar-refractivity contribution is 7.91. The van der Waals surface area contributed by atoms with Crippen molar-refractivity contribution in [2.24, 2.45) is 0 Å². The molecule has 0 bridgehead atoms. The van der Waals surface area contributed by atoms with Crippen LogP contribution in [-0.4, -0.2) is 49.2 Å². The molecule has 186 valence electrons. The van der Waals surface area contributed by atoms with Gasteiger partial charge in [0, 0.05) is 25.8 Å². The van der Waals surface area contributed by atoms with E-state index in [9.17, 15) is 21.6 Å². The van der Waals surface area contributed by atoms with Crippen LogP contribution in [-0.2, 0) is 29.0 Å². The van der Waals surface area contributed by atoms with E-state index in [0.29, 0.717) is 34.9 Å². The third-order valence-corrected chi connectivity index (χ3v) is 9.33. The molecule has 0 saturated carbocycles. The van der Waals surface area contributed by atoms with Crippen molar-refractivity contribution in [1.29, 1.82) is 0 Å². The van der Waals surface area contributed by atoms with Crippen LogP contribution in [0.25, 0.3) is 10.6 Å². The van der Waals surface area contributed by atoms with Gasteiger partial charge in [0.2, 0.25) is 5.95 Å². The van der Waals surface area contributed by atoms with E-state index in [0.717, 1.165) is 42.0 Å². The standard InChI is InChI=1S/C22H21ClF3N5O2S2/c1-31-5-3-12-8-16(15(23)7-13(12)11-31)29-21-28-10-14(22(24,25)26)19(30-21)17-9-18-20(34-17)27-4-2-6-35(18,32)33/h7-10,27H,2-6,11H2,1H3,(H,28,29,30). The lowest BCUT2D eigenvalue weighted by atomic mass is 9.99. The molecular formula is C22H21ClF3N5O2S2. The zero-order valence-electron chi connectivity index (χ0n) is 18.5. The number of nitrogens with zero attached hydrogens (tertiary/aromatic N) is 3. The molecule has 4 heterocycles. The van der Waals surface area contributed by atoms with Gasteiger partial charge in [0.1, 0.15) is 15.5 Å². The summed E-state index contributed by atoms with van der Waals surface area (Å²) in [7, 11) is -1.58. The van der Waals surface area contributed by atoms with Crippen molar-refractivity contribution in [1.82, 2.24) is 14.9 Å². The number of thiophene rings is 1. The number of benzene rings is 1. The van der Waals surface area contributed by atoms with Gasteiger partial charge in [-0.25, -0.2) is 18.4 Å². The van der Waals surface area contributed by atoms with Crippen molar-refractivity contribution in [3.05, 3.63) is 46.1 Å². The van der Waals surface area contributed by atoms with E-state index in [1.165, 1.54) is 6.07 Å². The summed E-state index contributed by atoms with van der Waals surface area (Å²) in [5, 5.41) is 6.67. The Labute approximate surface area is 209 Å². The quantitative estimate of drug-likeness (QED) is 0.469. The predicted octanol–water partition coefficient (Wildman–Crippen LogP) is 5.20. The Kier molecular flexibility index (Phi) is 6.19. The number of alkyl halides is 3. The summed E-state index contributed by atoms with van der Waals surface area (Å²) in [5.41, 5.74) is 1.25. The number of hydrogen-bond acceptors (Lipinski definition) is 8. The van der Waals surface area contributed by atoms with Gasteiger partial charge in [-0.1, -0.05) is 11.6 Å². The van der Waals surface area contributed by atoms with Gasteiger partial charge < -0.3 is 15.5 Å². The number of sulfone groups is 1. The number of anilines is 3. The second-order valence-electron chi connectivity index (χ2n) is 8.57. The minimum Gasteiger partial charge on any atom is -0.376 e. The third kappa shape index (κ3) is 4.84. The normalized spacial score (nSPS) is 17.7. The summed E-state index contributed by atoms with van der Waals surface area (Å²) in [6, 6.07) is 4.97. The van der Waals surface area contributed by atoms with Crippen molar-refractivity contribution >= 4 is 49.4 Å². The largest absolute Gasteiger partial charge is 0.420 e. The van der Waals surface area contributed by atoms with Gasteiger partial charge in [-0.2, -0.15) is 13.2 Å². The SMILES string of the molecule is CN1CCc2cc(Nc3ncc(C(F)(F)F)c(-c4cc5c(s4)NCCCS5(=O)=O)n3)c(Cl)cc2C1. The van der Waals surface area contributed by atoms with E-state index in [-0.39, 0.29) is 27.2 Å². The van der Waals surface area contributed by atoms with Crippen molar-refractivity contribution in [3.8, 4) is 10.6 Å². The summed E-state index contributed by atoms with van der Waals surface area (Å²) in [4.78, 5) is 10.3. The molecule has 0 fully saturated rings. The average molecular weight is 544 g/mol. The Morgan fingerprint density at radius 2 is 2.03 bits per heavy atom. The summed E-state index contributed by atoms with van der Waals surface area (Å²) < 4.78 is 66.6. The second-order valence-corrected chi connectivity index (χ2v) is 12.1. The van der Waals surface area contributed by atoms with Crippen LogP contribution in [0.2, 0.25) is 5.02 Å². The maximum Gasteiger partial charge on any atom is 0.420 e. The first-order chi connectivity index (χ1) is 16.5. The van der Waals surface area contributed by atoms with E-state index in [1.807, 2.05) is 19.2 Å². The minimum atomic E-state index is -4.73. The molecule has 5 rings (SSSR count). The zero-order valence-corrected chi connectivity index (χ0v) is 20.9. The molecule has 13 heteroatoms. The second kappa shape index (κ2) is 8.91. The molecular weight excluding hydrogens is 523 g/mol. The van der Waals surface area contributed by atoms with Crippen LogP contribution in [0.5, 0.6) is 0 Å². The van der Waals surface area contributed by atoms with E-state index in [4.69, 9.17) is 11.6 Å². The molecule has 2 aliphatic heterocycles. The summed E-state index contributed by atoms with van der Waals surface area (Å²) in [6.07, 6.45) is -2.78. The van der Waals surface area contributed by atoms with E-state index in [2.05, 4.69) is 25.5 Å². The molecule has 2 aromatic heterocycles. The summed E-state index contributed by atoms with van der Waals surface area (Å²) in [6.45, 7) is 2.06. The van der Waals surface area contributed by atoms with E-state index < -0.39 is 21.6 Å². The van der Waals surface area contributed by atoms with Gasteiger partial charge in [0.15, 0.2) is 9.84 Å². The topological polar surface area (TPSA) is 87.2 Å². The average Bonchev–Trinajstić information content (AvgIpc) is 3.16. The molecule has 0 aliphatic carbocycles. The Balaban J connectivity index is 1.56. The summed E-state index contributed by atoms with van der Waals surface area (Å²) in [5.74, 6) is -0.138. The van der Waals surface area contributed by atoms with Crippen LogP contribution in [0.1, 0.15) is 23.1 Å². The fourth-order valence-corrected chi connectivity index (χ4v) is 7.39. The monoisotopic (exact) mass is 543 g/mol. The van der Waals surface area contributed by atoms with Crippen molar-refractivity contribution < 1.29 is 21.6 Å². The number of fused-ring (bicyclic) bond motifs is 2. The van der Waals surface area contributed by atoms with Crippen LogP contribution in [0.15, 0.2) is 29.3 Å². The molecule has 0 spiro atoms. The number of nitrogens with one attached hydrogen (secondary N) is 2. The number of halogens is 4. The molecule has 0 radical (unpaired) electrons. The minimum absolute atomic E-state index is 0.000976. The van der Waals surface area contributed by atoms with Crippen molar-refractivity contribution in [2.75, 3.05) is 36.5 Å². The molecule has 3 aromatic rings. The first-order valence-corrected chi connectivity index (χ1v) is 13.7. The van der Waals surface area contributed by atoms with Crippen LogP contribution >= 0.6 is 22.9 Å². The highest BCUT2D eigenvalue weighted by Crippen LogP contribution is 2.44. The van der Waals surface area contributed by atoms with Gasteiger partial charge in [-0.3, -0.25) is 0 Å². The fourth-order valence-electron chi connectivity index (χ4n) is 4.19. The molecule has 7 nitrogen and oxygen atoms in total. The van der Waals surface area contributed by atoms with Gasteiger partial charge in [-0.05, 0) is 49.2 Å². The highest BCUT2D eigenvalue weighted by Gasteiger charge is 2.37. The van der Waals surface area contributed by atoms with Gasteiger partial charge in [0.25, 0.3) is 0 Å². The Bertz CT molecular complexity index is 1410. The lowest BCUT2D eigenvalue weighted by Crippen LogP contribution is -2.26. The number of rotatable bonds is 3. The van der Waals surface area contributed by atoms with Gasteiger partial charge in [0.05, 0.1) is 27.0 Å². The number of aromatic nitrogens is 2. The van der Waals surface area contributed by atoms with Gasteiger partial charge >= 0.3 is 6.18 Å². The highest BCUT2D eigenvalue weighted by atomic mass is 35.5. The molecule has 2 aliphatic rings.